The Kier molecular flexibility index (Phi) is 3.12. The van der Waals surface area contributed by atoms with E-state index in [4.69, 9.17) is 5.73 Å². The van der Waals surface area contributed by atoms with Gasteiger partial charge in [0, 0.05) is 15.8 Å². The molecule has 0 spiro atoms. The molecule has 0 bridgehead atoms. The van der Waals surface area contributed by atoms with Gasteiger partial charge in [-0.1, -0.05) is 20.8 Å². The molecular weight excluding hydrogens is 194 g/mol. The van der Waals surface area contributed by atoms with Gasteiger partial charge in [-0.25, -0.2) is 0 Å². The van der Waals surface area contributed by atoms with Gasteiger partial charge in [0.25, 0.3) is 0 Å². The monoisotopic (exact) mass is 211 g/mol. The van der Waals surface area contributed by atoms with Crippen LogP contribution in [0.25, 0.3) is 0 Å². The number of hydrogen-bond donors (Lipinski definition) is 1. The van der Waals surface area contributed by atoms with Crippen LogP contribution in [0.5, 0.6) is 0 Å². The molecule has 0 saturated heterocycles. The largest absolute Gasteiger partial charge is 0.321 e. The summed E-state index contributed by atoms with van der Waals surface area (Å²) in [5, 5.41) is 1.88. The third-order valence-corrected chi connectivity index (χ3v) is 3.09. The molecule has 0 aromatic carbocycles. The predicted octanol–water partition coefficient (Wildman–Crippen LogP) is 2.61. The van der Waals surface area contributed by atoms with E-state index in [0.717, 1.165) is 10.4 Å². The van der Waals surface area contributed by atoms with E-state index in [1.807, 2.05) is 39.1 Å². The first-order valence-electron chi connectivity index (χ1n) is 4.67. The maximum Gasteiger partial charge on any atom is 0.180 e. The van der Waals surface area contributed by atoms with Gasteiger partial charge < -0.3 is 5.73 Å². The van der Waals surface area contributed by atoms with Crippen LogP contribution in [0.2, 0.25) is 0 Å². The fraction of sp³-hybridized carbons (Fsp3) is 0.545. The van der Waals surface area contributed by atoms with Gasteiger partial charge >= 0.3 is 0 Å². The minimum Gasteiger partial charge on any atom is -0.321 e. The summed E-state index contributed by atoms with van der Waals surface area (Å²) in [6.07, 6.45) is 0. The second-order valence-electron chi connectivity index (χ2n) is 4.65. The van der Waals surface area contributed by atoms with E-state index >= 15 is 0 Å². The molecule has 0 aliphatic rings. The van der Waals surface area contributed by atoms with Gasteiger partial charge in [0.15, 0.2) is 5.78 Å². The second-order valence-corrected chi connectivity index (χ2v) is 5.77. The van der Waals surface area contributed by atoms with E-state index in [9.17, 15) is 4.79 Å². The maximum atomic E-state index is 11.9. The second kappa shape index (κ2) is 3.83. The van der Waals surface area contributed by atoms with Crippen molar-refractivity contribution in [2.75, 3.05) is 0 Å². The zero-order chi connectivity index (χ0) is 10.9. The number of nitrogens with two attached hydrogens (primary N) is 1. The van der Waals surface area contributed by atoms with Gasteiger partial charge in [-0.2, -0.15) is 0 Å². The molecule has 0 saturated carbocycles. The zero-order valence-electron chi connectivity index (χ0n) is 9.13. The first-order chi connectivity index (χ1) is 6.32. The van der Waals surface area contributed by atoms with Crippen molar-refractivity contribution >= 4 is 17.1 Å². The normalized spacial score (nSPS) is 14.1. The fourth-order valence-corrected chi connectivity index (χ4v) is 1.84. The quantitative estimate of drug-likeness (QED) is 0.764. The topological polar surface area (TPSA) is 43.1 Å². The van der Waals surface area contributed by atoms with E-state index in [2.05, 4.69) is 0 Å². The van der Waals surface area contributed by atoms with Gasteiger partial charge in [0.05, 0.1) is 6.04 Å². The van der Waals surface area contributed by atoms with Crippen LogP contribution >= 0.6 is 11.3 Å². The van der Waals surface area contributed by atoms with Crippen LogP contribution in [0.15, 0.2) is 11.4 Å². The number of carbonyl (C=O) groups excluding carboxylic acids is 1. The highest BCUT2D eigenvalue weighted by atomic mass is 32.1. The summed E-state index contributed by atoms with van der Waals surface area (Å²) in [6, 6.07) is 1.48. The predicted molar refractivity (Wildman–Crippen MR) is 60.8 cm³/mol. The van der Waals surface area contributed by atoms with Crippen molar-refractivity contribution in [3.63, 3.8) is 0 Å². The molecule has 2 N–H and O–H groups in total. The average Bonchev–Trinajstić information content (AvgIpc) is 2.47. The molecule has 14 heavy (non-hydrogen) atoms. The maximum absolute atomic E-state index is 11.9. The lowest BCUT2D eigenvalue weighted by Gasteiger charge is -2.25. The molecule has 1 aromatic heterocycles. The molecule has 1 aromatic rings. The summed E-state index contributed by atoms with van der Waals surface area (Å²) < 4.78 is 0. The third-order valence-electron chi connectivity index (χ3n) is 2.23. The first-order valence-corrected chi connectivity index (χ1v) is 5.55. The van der Waals surface area contributed by atoms with E-state index < -0.39 is 6.04 Å². The van der Waals surface area contributed by atoms with Gasteiger partial charge in [0.2, 0.25) is 0 Å². The van der Waals surface area contributed by atoms with Crippen molar-refractivity contribution in [3.05, 3.63) is 21.9 Å². The molecule has 3 heteroatoms. The minimum absolute atomic E-state index is 0.0434. The molecule has 1 atom stereocenters. The Hall–Kier alpha value is -0.670. The Morgan fingerprint density at radius 3 is 2.43 bits per heavy atom. The number of aryl methyl sites for hydroxylation is 1. The summed E-state index contributed by atoms with van der Waals surface area (Å²) in [6.45, 7) is 7.93. The van der Waals surface area contributed by atoms with Gasteiger partial charge in [0.1, 0.15) is 0 Å². The van der Waals surface area contributed by atoms with Gasteiger partial charge in [-0.15, -0.1) is 11.3 Å². The SMILES string of the molecule is Cc1cc(C(=O)C(N)C(C)(C)C)cs1. The Labute approximate surface area is 89.1 Å². The van der Waals surface area contributed by atoms with Crippen molar-refractivity contribution in [1.29, 1.82) is 0 Å². The Bertz CT molecular complexity index is 335. The molecule has 0 aliphatic heterocycles. The minimum atomic E-state index is -0.420. The summed E-state index contributed by atoms with van der Waals surface area (Å²) in [7, 11) is 0. The molecule has 1 unspecified atom stereocenters. The molecule has 0 fully saturated rings. The smallest absolute Gasteiger partial charge is 0.180 e. The number of hydrogen-bond acceptors (Lipinski definition) is 3. The zero-order valence-corrected chi connectivity index (χ0v) is 9.94. The number of rotatable bonds is 2. The standard InChI is InChI=1S/C11H17NOS/c1-7-5-8(6-14-7)9(13)10(12)11(2,3)4/h5-6,10H,12H2,1-4H3. The van der Waals surface area contributed by atoms with Crippen molar-refractivity contribution in [2.24, 2.45) is 11.1 Å². The lowest BCUT2D eigenvalue weighted by atomic mass is 9.83. The number of carbonyl (C=O) groups is 1. The molecular formula is C11H17NOS. The van der Waals surface area contributed by atoms with E-state index in [1.54, 1.807) is 11.3 Å². The number of Topliss-reactive ketones (excluding diaryl/α,β-unsaturated/α-hetero) is 1. The van der Waals surface area contributed by atoms with Crippen molar-refractivity contribution < 1.29 is 4.79 Å². The van der Waals surface area contributed by atoms with Crippen LogP contribution in [0.3, 0.4) is 0 Å². The highest BCUT2D eigenvalue weighted by molar-refractivity contribution is 7.10. The number of ketones is 1. The summed E-state index contributed by atoms with van der Waals surface area (Å²) in [4.78, 5) is 13.0. The Morgan fingerprint density at radius 2 is 2.07 bits per heavy atom. The first kappa shape index (κ1) is 11.4. The molecule has 1 heterocycles. The van der Waals surface area contributed by atoms with Crippen LogP contribution in [0.4, 0.5) is 0 Å². The van der Waals surface area contributed by atoms with Crippen LogP contribution in [-0.4, -0.2) is 11.8 Å². The molecule has 0 radical (unpaired) electrons. The average molecular weight is 211 g/mol. The summed E-state index contributed by atoms with van der Waals surface area (Å²) in [5.74, 6) is 0.0434. The number of thiophene rings is 1. The molecule has 2 nitrogen and oxygen atoms in total. The lowest BCUT2D eigenvalue weighted by molar-refractivity contribution is 0.0902. The van der Waals surface area contributed by atoms with Gasteiger partial charge in [-0.3, -0.25) is 4.79 Å². The van der Waals surface area contributed by atoms with Crippen LogP contribution < -0.4 is 5.73 Å². The Balaban J connectivity index is 2.86. The van der Waals surface area contributed by atoms with Crippen LogP contribution in [0, 0.1) is 12.3 Å². The van der Waals surface area contributed by atoms with E-state index in [0.29, 0.717) is 0 Å². The third kappa shape index (κ3) is 2.42. The summed E-state index contributed by atoms with van der Waals surface area (Å²) in [5.41, 5.74) is 6.46. The summed E-state index contributed by atoms with van der Waals surface area (Å²) >= 11 is 1.58. The Morgan fingerprint density at radius 1 is 1.50 bits per heavy atom. The molecule has 78 valence electrons. The van der Waals surface area contributed by atoms with Gasteiger partial charge in [-0.05, 0) is 18.4 Å². The lowest BCUT2D eigenvalue weighted by Crippen LogP contribution is -2.42. The molecule has 0 aliphatic carbocycles. The van der Waals surface area contributed by atoms with Crippen molar-refractivity contribution in [2.45, 2.75) is 33.7 Å². The van der Waals surface area contributed by atoms with Crippen molar-refractivity contribution in [3.8, 4) is 0 Å². The molecule has 1 rings (SSSR count). The van der Waals surface area contributed by atoms with Crippen LogP contribution in [0.1, 0.15) is 36.0 Å². The van der Waals surface area contributed by atoms with Crippen LogP contribution in [-0.2, 0) is 0 Å². The molecule has 0 amide bonds. The van der Waals surface area contributed by atoms with E-state index in [-0.39, 0.29) is 11.2 Å². The fourth-order valence-electron chi connectivity index (χ4n) is 1.15. The van der Waals surface area contributed by atoms with E-state index in [1.165, 1.54) is 0 Å². The highest BCUT2D eigenvalue weighted by Gasteiger charge is 2.28. The highest BCUT2D eigenvalue weighted by Crippen LogP contribution is 2.22. The van der Waals surface area contributed by atoms with Crippen molar-refractivity contribution in [1.82, 2.24) is 0 Å².